The van der Waals surface area contributed by atoms with Gasteiger partial charge in [0.1, 0.15) is 6.61 Å². The van der Waals surface area contributed by atoms with E-state index in [1.54, 1.807) is 28.8 Å². The molecule has 2 heterocycles. The molecular formula is C14H26N4O3. The molecule has 3 amide bonds. The summed E-state index contributed by atoms with van der Waals surface area (Å²) < 4.78 is 5.69. The summed E-state index contributed by atoms with van der Waals surface area (Å²) in [5.74, 6) is 0.0329. The van der Waals surface area contributed by atoms with Crippen LogP contribution in [0.15, 0.2) is 0 Å². The van der Waals surface area contributed by atoms with Crippen molar-refractivity contribution in [1.29, 1.82) is 0 Å². The van der Waals surface area contributed by atoms with Crippen molar-refractivity contribution in [2.24, 2.45) is 0 Å². The van der Waals surface area contributed by atoms with Crippen molar-refractivity contribution in [3.63, 3.8) is 0 Å². The van der Waals surface area contributed by atoms with E-state index < -0.39 is 0 Å². The molecule has 0 aromatic heterocycles. The molecule has 2 aliphatic rings. The highest BCUT2D eigenvalue weighted by Crippen LogP contribution is 2.09. The number of amides is 3. The quantitative estimate of drug-likeness (QED) is 0.769. The van der Waals surface area contributed by atoms with Crippen LogP contribution in [0.5, 0.6) is 0 Å². The Labute approximate surface area is 126 Å². The van der Waals surface area contributed by atoms with Crippen LogP contribution in [-0.4, -0.2) is 92.7 Å². The minimum Gasteiger partial charge on any atom is -0.368 e. The number of ether oxygens (including phenoxy) is 1. The van der Waals surface area contributed by atoms with Crippen LogP contribution in [0.1, 0.15) is 12.8 Å². The van der Waals surface area contributed by atoms with Gasteiger partial charge in [-0.25, -0.2) is 4.79 Å². The van der Waals surface area contributed by atoms with Crippen LogP contribution in [0.3, 0.4) is 0 Å². The fraction of sp³-hybridized carbons (Fsp3) is 0.857. The minimum absolute atomic E-state index is 0.00746. The summed E-state index contributed by atoms with van der Waals surface area (Å²) in [5.41, 5.74) is 0. The lowest BCUT2D eigenvalue weighted by Gasteiger charge is -2.36. The molecule has 0 saturated carbocycles. The minimum atomic E-state index is 0.00746. The molecule has 0 aliphatic carbocycles. The summed E-state index contributed by atoms with van der Waals surface area (Å²) in [6.07, 6.45) is 2.14. The largest absolute Gasteiger partial charge is 0.368 e. The van der Waals surface area contributed by atoms with E-state index in [1.165, 1.54) is 0 Å². The zero-order valence-corrected chi connectivity index (χ0v) is 13.0. The summed E-state index contributed by atoms with van der Waals surface area (Å²) in [6, 6.07) is 0.00746. The molecule has 120 valence electrons. The van der Waals surface area contributed by atoms with Crippen molar-refractivity contribution in [3.8, 4) is 0 Å². The van der Waals surface area contributed by atoms with E-state index in [2.05, 4.69) is 5.32 Å². The predicted octanol–water partition coefficient (Wildman–Crippen LogP) is -0.419. The molecule has 0 aromatic carbocycles. The second kappa shape index (κ2) is 7.61. The Kier molecular flexibility index (Phi) is 5.81. The van der Waals surface area contributed by atoms with Crippen molar-refractivity contribution in [1.82, 2.24) is 20.0 Å². The molecule has 0 radical (unpaired) electrons. The number of piperazine rings is 1. The average molecular weight is 298 g/mol. The lowest BCUT2D eigenvalue weighted by molar-refractivity contribution is -0.140. The van der Waals surface area contributed by atoms with E-state index in [1.807, 2.05) is 0 Å². The van der Waals surface area contributed by atoms with Gasteiger partial charge in [-0.3, -0.25) is 4.79 Å². The Hall–Kier alpha value is -1.34. The van der Waals surface area contributed by atoms with Gasteiger partial charge in [0.05, 0.1) is 6.10 Å². The van der Waals surface area contributed by atoms with Gasteiger partial charge in [-0.05, 0) is 25.9 Å². The Bertz CT molecular complexity index is 361. The molecule has 2 saturated heterocycles. The molecular weight excluding hydrogens is 272 g/mol. The highest BCUT2D eigenvalue weighted by Gasteiger charge is 2.25. The van der Waals surface area contributed by atoms with Gasteiger partial charge in [-0.15, -0.1) is 0 Å². The highest BCUT2D eigenvalue weighted by atomic mass is 16.5. The SMILES string of the molecule is CN(C)C(=O)N1CCN(C(=O)COC2CCNCC2)CC1. The number of piperidine rings is 1. The highest BCUT2D eigenvalue weighted by molar-refractivity contribution is 5.78. The van der Waals surface area contributed by atoms with Crippen molar-refractivity contribution in [2.45, 2.75) is 18.9 Å². The van der Waals surface area contributed by atoms with E-state index in [4.69, 9.17) is 4.74 Å². The maximum absolute atomic E-state index is 12.1. The maximum atomic E-state index is 12.1. The third-order valence-electron chi connectivity index (χ3n) is 4.01. The molecule has 2 rings (SSSR count). The number of nitrogens with zero attached hydrogens (tertiary/aromatic N) is 3. The van der Waals surface area contributed by atoms with Crippen LogP contribution in [0, 0.1) is 0 Å². The monoisotopic (exact) mass is 298 g/mol. The zero-order chi connectivity index (χ0) is 15.2. The summed E-state index contributed by atoms with van der Waals surface area (Å²) in [7, 11) is 3.49. The lowest BCUT2D eigenvalue weighted by Crippen LogP contribution is -2.53. The maximum Gasteiger partial charge on any atom is 0.319 e. The summed E-state index contributed by atoms with van der Waals surface area (Å²) >= 11 is 0. The number of rotatable bonds is 3. The Balaban J connectivity index is 1.69. The molecule has 7 heteroatoms. The van der Waals surface area contributed by atoms with Gasteiger partial charge in [0, 0.05) is 40.3 Å². The molecule has 0 atom stereocenters. The second-order valence-corrected chi connectivity index (χ2v) is 5.81. The van der Waals surface area contributed by atoms with Crippen molar-refractivity contribution in [3.05, 3.63) is 0 Å². The number of hydrogen-bond acceptors (Lipinski definition) is 4. The van der Waals surface area contributed by atoms with Crippen LogP contribution in [0.2, 0.25) is 0 Å². The first-order valence-electron chi connectivity index (χ1n) is 7.64. The van der Waals surface area contributed by atoms with E-state index in [-0.39, 0.29) is 24.6 Å². The molecule has 1 N–H and O–H groups in total. The first-order valence-corrected chi connectivity index (χ1v) is 7.64. The molecule has 21 heavy (non-hydrogen) atoms. The van der Waals surface area contributed by atoms with E-state index in [0.717, 1.165) is 25.9 Å². The number of carbonyl (C=O) groups excluding carboxylic acids is 2. The normalized spacial score (nSPS) is 20.5. The number of hydrogen-bond donors (Lipinski definition) is 1. The van der Waals surface area contributed by atoms with Crippen LogP contribution < -0.4 is 5.32 Å². The zero-order valence-electron chi connectivity index (χ0n) is 13.0. The lowest BCUT2D eigenvalue weighted by atomic mass is 10.1. The average Bonchev–Trinajstić information content (AvgIpc) is 2.53. The van der Waals surface area contributed by atoms with Crippen LogP contribution in [0.4, 0.5) is 4.79 Å². The van der Waals surface area contributed by atoms with Gasteiger partial charge < -0.3 is 24.8 Å². The Morgan fingerprint density at radius 2 is 1.67 bits per heavy atom. The summed E-state index contributed by atoms with van der Waals surface area (Å²) in [6.45, 7) is 4.45. The standard InChI is InChI=1S/C14H26N4O3/c1-16(2)14(20)18-9-7-17(8-10-18)13(19)11-21-12-3-5-15-6-4-12/h12,15H,3-11H2,1-2H3. The third kappa shape index (κ3) is 4.57. The molecule has 0 aromatic rings. The Morgan fingerprint density at radius 1 is 1.10 bits per heavy atom. The first-order chi connectivity index (χ1) is 10.1. The van der Waals surface area contributed by atoms with Crippen molar-refractivity contribution >= 4 is 11.9 Å². The molecule has 0 bridgehead atoms. The molecule has 0 unspecified atom stereocenters. The van der Waals surface area contributed by atoms with Crippen molar-refractivity contribution < 1.29 is 14.3 Å². The van der Waals surface area contributed by atoms with Gasteiger partial charge >= 0.3 is 6.03 Å². The van der Waals surface area contributed by atoms with Gasteiger partial charge in [0.25, 0.3) is 0 Å². The summed E-state index contributed by atoms with van der Waals surface area (Å²) in [5, 5.41) is 3.27. The molecule has 7 nitrogen and oxygen atoms in total. The van der Waals surface area contributed by atoms with E-state index >= 15 is 0 Å². The van der Waals surface area contributed by atoms with Crippen LogP contribution >= 0.6 is 0 Å². The Morgan fingerprint density at radius 3 is 2.24 bits per heavy atom. The smallest absolute Gasteiger partial charge is 0.319 e. The van der Waals surface area contributed by atoms with Crippen molar-refractivity contribution in [2.75, 3.05) is 60.0 Å². The summed E-state index contributed by atoms with van der Waals surface area (Å²) in [4.78, 5) is 29.1. The van der Waals surface area contributed by atoms with E-state index in [0.29, 0.717) is 26.2 Å². The van der Waals surface area contributed by atoms with Gasteiger partial charge in [-0.2, -0.15) is 0 Å². The number of carbonyl (C=O) groups is 2. The molecule has 2 aliphatic heterocycles. The molecule has 0 spiro atoms. The second-order valence-electron chi connectivity index (χ2n) is 5.81. The van der Waals surface area contributed by atoms with Crippen LogP contribution in [0.25, 0.3) is 0 Å². The molecule has 2 fully saturated rings. The first kappa shape index (κ1) is 16.0. The fourth-order valence-electron chi connectivity index (χ4n) is 2.67. The van der Waals surface area contributed by atoms with Gasteiger partial charge in [-0.1, -0.05) is 0 Å². The van der Waals surface area contributed by atoms with Gasteiger partial charge in [0.15, 0.2) is 0 Å². The third-order valence-corrected chi connectivity index (χ3v) is 4.01. The van der Waals surface area contributed by atoms with Gasteiger partial charge in [0.2, 0.25) is 5.91 Å². The number of urea groups is 1. The predicted molar refractivity (Wildman–Crippen MR) is 79.1 cm³/mol. The fourth-order valence-corrected chi connectivity index (χ4v) is 2.67. The van der Waals surface area contributed by atoms with E-state index in [9.17, 15) is 9.59 Å². The van der Waals surface area contributed by atoms with Crippen LogP contribution in [-0.2, 0) is 9.53 Å². The topological polar surface area (TPSA) is 65.1 Å². The number of nitrogens with one attached hydrogen (secondary N) is 1.